The van der Waals surface area contributed by atoms with E-state index in [1.165, 1.54) is 11.3 Å². The Morgan fingerprint density at radius 2 is 1.90 bits per heavy atom. The normalized spacial score (nSPS) is 16.1. The Hall–Kier alpha value is -2.56. The van der Waals surface area contributed by atoms with Crippen LogP contribution in [0, 0.1) is 6.92 Å². The fourth-order valence-corrected chi connectivity index (χ4v) is 6.05. The molecule has 0 amide bonds. The zero-order chi connectivity index (χ0) is 20.0. The molecule has 150 valence electrons. The number of rotatable bonds is 4. The van der Waals surface area contributed by atoms with E-state index in [9.17, 15) is 8.42 Å². The minimum Gasteiger partial charge on any atom is -0.341 e. The molecule has 8 nitrogen and oxygen atoms in total. The summed E-state index contributed by atoms with van der Waals surface area (Å²) in [6, 6.07) is 11.2. The van der Waals surface area contributed by atoms with E-state index in [0.717, 1.165) is 22.5 Å². The van der Waals surface area contributed by atoms with Crippen LogP contribution in [0.4, 0.5) is 5.95 Å². The highest BCUT2D eigenvalue weighted by Crippen LogP contribution is 2.25. The maximum atomic E-state index is 12.5. The highest BCUT2D eigenvalue weighted by atomic mass is 32.2. The molecule has 1 aliphatic heterocycles. The van der Waals surface area contributed by atoms with Crippen molar-refractivity contribution >= 4 is 43.9 Å². The summed E-state index contributed by atoms with van der Waals surface area (Å²) in [6.07, 6.45) is 1.41. The Kier molecular flexibility index (Phi) is 4.49. The van der Waals surface area contributed by atoms with Gasteiger partial charge in [-0.2, -0.15) is 4.52 Å². The van der Waals surface area contributed by atoms with Crippen molar-refractivity contribution in [3.8, 4) is 0 Å². The first-order valence-corrected chi connectivity index (χ1v) is 11.8. The molecule has 10 heteroatoms. The quantitative estimate of drug-likeness (QED) is 0.537. The molecule has 1 aromatic carbocycles. The van der Waals surface area contributed by atoms with Crippen LogP contribution in [0.5, 0.6) is 0 Å². The maximum absolute atomic E-state index is 12.5. The number of piperidine rings is 1. The molecule has 0 saturated carbocycles. The van der Waals surface area contributed by atoms with Gasteiger partial charge in [0.15, 0.2) is 5.65 Å². The number of anilines is 1. The van der Waals surface area contributed by atoms with Gasteiger partial charge in [0.05, 0.1) is 5.52 Å². The number of aromatic nitrogens is 4. The molecule has 0 atom stereocenters. The fraction of sp³-hybridized carbons (Fsp3) is 0.316. The van der Waals surface area contributed by atoms with Crippen LogP contribution >= 0.6 is 11.3 Å². The zero-order valence-corrected chi connectivity index (χ0v) is 17.4. The molecule has 3 aromatic heterocycles. The first-order valence-electron chi connectivity index (χ1n) is 9.44. The lowest BCUT2D eigenvalue weighted by Gasteiger charge is -2.32. The van der Waals surface area contributed by atoms with E-state index in [1.54, 1.807) is 22.0 Å². The third-order valence-corrected chi connectivity index (χ3v) is 8.05. The lowest BCUT2D eigenvalue weighted by Crippen LogP contribution is -2.45. The number of aryl methyl sites for hydroxylation is 1. The van der Waals surface area contributed by atoms with Gasteiger partial charge in [0.2, 0.25) is 16.0 Å². The summed E-state index contributed by atoms with van der Waals surface area (Å²) in [5.41, 5.74) is 1.67. The van der Waals surface area contributed by atoms with E-state index in [1.807, 2.05) is 31.2 Å². The topological polar surface area (TPSA) is 92.5 Å². The van der Waals surface area contributed by atoms with Gasteiger partial charge in [-0.25, -0.2) is 23.1 Å². The lowest BCUT2D eigenvalue weighted by molar-refractivity contribution is 0.455. The average molecular weight is 429 g/mol. The van der Waals surface area contributed by atoms with Gasteiger partial charge >= 0.3 is 0 Å². The molecule has 1 fully saturated rings. The van der Waals surface area contributed by atoms with Crippen LogP contribution < -0.4 is 9.62 Å². The second kappa shape index (κ2) is 7.05. The molecule has 1 saturated heterocycles. The van der Waals surface area contributed by atoms with Gasteiger partial charge in [-0.1, -0.05) is 18.2 Å². The number of sulfonamides is 1. The standard InChI is InChI=1S/C19H20N6O2S2/c1-13-20-18-15-5-2-3-6-16(15)21-19(25(18)22-13)24-10-8-14(9-11-24)23-29(26,27)17-7-4-12-28-17/h2-7,12,14,23H,8-11H2,1H3. The third-order valence-electron chi connectivity index (χ3n) is 5.13. The lowest BCUT2D eigenvalue weighted by atomic mass is 10.1. The van der Waals surface area contributed by atoms with Crippen LogP contribution in [0.15, 0.2) is 46.0 Å². The van der Waals surface area contributed by atoms with E-state index in [0.29, 0.717) is 36.0 Å². The highest BCUT2D eigenvalue weighted by Gasteiger charge is 2.27. The van der Waals surface area contributed by atoms with Gasteiger partial charge in [0, 0.05) is 24.5 Å². The van der Waals surface area contributed by atoms with Crippen LogP contribution in [0.25, 0.3) is 16.6 Å². The monoisotopic (exact) mass is 428 g/mol. The molecular formula is C19H20N6O2S2. The number of hydrogen-bond acceptors (Lipinski definition) is 7. The molecule has 1 N–H and O–H groups in total. The number of benzene rings is 1. The molecule has 1 aliphatic rings. The van der Waals surface area contributed by atoms with Crippen molar-refractivity contribution < 1.29 is 8.42 Å². The summed E-state index contributed by atoms with van der Waals surface area (Å²) in [4.78, 5) is 11.6. The molecule has 4 heterocycles. The van der Waals surface area contributed by atoms with Crippen molar-refractivity contribution in [1.82, 2.24) is 24.3 Å². The Balaban J connectivity index is 1.40. The maximum Gasteiger partial charge on any atom is 0.250 e. The van der Waals surface area contributed by atoms with Gasteiger partial charge in [-0.15, -0.1) is 16.4 Å². The molecule has 0 spiro atoms. The van der Waals surface area contributed by atoms with Crippen LogP contribution in [0.2, 0.25) is 0 Å². The first-order chi connectivity index (χ1) is 14.0. The molecule has 0 unspecified atom stereocenters. The summed E-state index contributed by atoms with van der Waals surface area (Å²) >= 11 is 1.23. The van der Waals surface area contributed by atoms with Gasteiger partial charge in [-0.05, 0) is 43.3 Å². The average Bonchev–Trinajstić information content (AvgIpc) is 3.38. The molecule has 29 heavy (non-hydrogen) atoms. The second-order valence-electron chi connectivity index (χ2n) is 7.14. The number of thiophene rings is 1. The van der Waals surface area contributed by atoms with Crippen molar-refractivity contribution in [3.63, 3.8) is 0 Å². The summed E-state index contributed by atoms with van der Waals surface area (Å²) in [5, 5.41) is 7.28. The predicted molar refractivity (Wildman–Crippen MR) is 113 cm³/mol. The molecule has 0 aliphatic carbocycles. The molecule has 0 radical (unpaired) electrons. The number of para-hydroxylation sites is 1. The van der Waals surface area contributed by atoms with Gasteiger partial charge in [-0.3, -0.25) is 0 Å². The highest BCUT2D eigenvalue weighted by molar-refractivity contribution is 7.91. The SMILES string of the molecule is Cc1nc2c3ccccc3nc(N3CCC(NS(=O)(=O)c4cccs4)CC3)n2n1. The van der Waals surface area contributed by atoms with Gasteiger partial charge in [0.1, 0.15) is 10.0 Å². The van der Waals surface area contributed by atoms with E-state index in [-0.39, 0.29) is 6.04 Å². The summed E-state index contributed by atoms with van der Waals surface area (Å²) < 4.78 is 30.0. The van der Waals surface area contributed by atoms with E-state index >= 15 is 0 Å². The van der Waals surface area contributed by atoms with Crippen molar-refractivity contribution in [3.05, 3.63) is 47.6 Å². The smallest absolute Gasteiger partial charge is 0.250 e. The summed E-state index contributed by atoms with van der Waals surface area (Å²) in [6.45, 7) is 3.26. The number of fused-ring (bicyclic) bond motifs is 3. The molecule has 0 bridgehead atoms. The zero-order valence-electron chi connectivity index (χ0n) is 15.8. The molecular weight excluding hydrogens is 408 g/mol. The minimum absolute atomic E-state index is 0.0909. The number of nitrogens with one attached hydrogen (secondary N) is 1. The Morgan fingerprint density at radius 3 is 2.66 bits per heavy atom. The Labute approximate surface area is 172 Å². The minimum atomic E-state index is -3.45. The van der Waals surface area contributed by atoms with Crippen molar-refractivity contribution in [2.75, 3.05) is 18.0 Å². The summed E-state index contributed by atoms with van der Waals surface area (Å²) in [7, 11) is -3.45. The van der Waals surface area contributed by atoms with E-state index in [2.05, 4.69) is 19.7 Å². The van der Waals surface area contributed by atoms with E-state index in [4.69, 9.17) is 4.98 Å². The molecule has 5 rings (SSSR count). The fourth-order valence-electron chi connectivity index (χ4n) is 3.74. The first kappa shape index (κ1) is 18.5. The third kappa shape index (κ3) is 3.37. The van der Waals surface area contributed by atoms with Crippen molar-refractivity contribution in [2.45, 2.75) is 30.0 Å². The van der Waals surface area contributed by atoms with Crippen LogP contribution in [-0.4, -0.2) is 47.1 Å². The predicted octanol–water partition coefficient (Wildman–Crippen LogP) is 2.59. The van der Waals surface area contributed by atoms with Crippen LogP contribution in [-0.2, 0) is 10.0 Å². The van der Waals surface area contributed by atoms with Gasteiger partial charge in [0.25, 0.3) is 0 Å². The Bertz CT molecular complexity index is 1280. The number of hydrogen-bond donors (Lipinski definition) is 1. The summed E-state index contributed by atoms with van der Waals surface area (Å²) in [5.74, 6) is 1.45. The van der Waals surface area contributed by atoms with Gasteiger partial charge < -0.3 is 4.90 Å². The van der Waals surface area contributed by atoms with E-state index < -0.39 is 10.0 Å². The largest absolute Gasteiger partial charge is 0.341 e. The number of nitrogens with zero attached hydrogens (tertiary/aromatic N) is 5. The van der Waals surface area contributed by atoms with Crippen LogP contribution in [0.1, 0.15) is 18.7 Å². The van der Waals surface area contributed by atoms with Crippen molar-refractivity contribution in [1.29, 1.82) is 0 Å². The molecule has 4 aromatic rings. The second-order valence-corrected chi connectivity index (χ2v) is 10.0. The van der Waals surface area contributed by atoms with Crippen molar-refractivity contribution in [2.24, 2.45) is 0 Å². The Morgan fingerprint density at radius 1 is 1.10 bits per heavy atom. The van der Waals surface area contributed by atoms with Crippen LogP contribution in [0.3, 0.4) is 0 Å².